The largest absolute Gasteiger partial charge is 0.375 e. The molecule has 0 saturated carbocycles. The number of morpholine rings is 1. The molecule has 1 aliphatic rings. The maximum Gasteiger partial charge on any atom is 0.254 e. The number of nitrogens with one attached hydrogen (secondary N) is 1. The Morgan fingerprint density at radius 1 is 1.32 bits per heavy atom. The van der Waals surface area contributed by atoms with E-state index in [4.69, 9.17) is 4.74 Å². The lowest BCUT2D eigenvalue weighted by Crippen LogP contribution is -2.44. The summed E-state index contributed by atoms with van der Waals surface area (Å²) in [5.41, 5.74) is 1.37. The van der Waals surface area contributed by atoms with Gasteiger partial charge in [-0.05, 0) is 37.6 Å². The van der Waals surface area contributed by atoms with Gasteiger partial charge in [-0.15, -0.1) is 0 Å². The SMILES string of the molecule is CCCCC(=O)Nc1ccc(C(=O)N2CCOC(C)C2)cc1. The Hall–Kier alpha value is -1.88. The van der Waals surface area contributed by atoms with Crippen LogP contribution in [0.2, 0.25) is 0 Å². The van der Waals surface area contributed by atoms with E-state index in [0.717, 1.165) is 18.5 Å². The van der Waals surface area contributed by atoms with Crippen LogP contribution in [0, 0.1) is 0 Å². The van der Waals surface area contributed by atoms with Crippen LogP contribution in [-0.2, 0) is 9.53 Å². The summed E-state index contributed by atoms with van der Waals surface area (Å²) in [5.74, 6) is 0.0296. The Morgan fingerprint density at radius 3 is 2.68 bits per heavy atom. The normalized spacial score (nSPS) is 18.1. The lowest BCUT2D eigenvalue weighted by molar-refractivity contribution is -0.116. The standard InChI is InChI=1S/C17H24N2O3/c1-3-4-5-16(20)18-15-8-6-14(7-9-15)17(21)19-10-11-22-13(2)12-19/h6-9,13H,3-5,10-12H2,1-2H3,(H,18,20). The Morgan fingerprint density at radius 2 is 2.05 bits per heavy atom. The summed E-state index contributed by atoms with van der Waals surface area (Å²) in [6.45, 7) is 5.85. The number of benzene rings is 1. The molecule has 1 fully saturated rings. The van der Waals surface area contributed by atoms with Crippen molar-refractivity contribution in [1.82, 2.24) is 4.90 Å². The second-order valence-corrected chi connectivity index (χ2v) is 5.66. The molecule has 1 aromatic rings. The van der Waals surface area contributed by atoms with Crippen molar-refractivity contribution in [3.05, 3.63) is 29.8 Å². The molecule has 5 nitrogen and oxygen atoms in total. The van der Waals surface area contributed by atoms with E-state index in [0.29, 0.717) is 31.7 Å². The minimum absolute atomic E-state index is 0.0130. The van der Waals surface area contributed by atoms with E-state index in [1.807, 2.05) is 11.8 Å². The van der Waals surface area contributed by atoms with Gasteiger partial charge in [-0.3, -0.25) is 9.59 Å². The number of anilines is 1. The van der Waals surface area contributed by atoms with Crippen LogP contribution in [-0.4, -0.2) is 42.5 Å². The van der Waals surface area contributed by atoms with E-state index in [-0.39, 0.29) is 17.9 Å². The first kappa shape index (κ1) is 16.5. The van der Waals surface area contributed by atoms with Gasteiger partial charge in [-0.2, -0.15) is 0 Å². The summed E-state index contributed by atoms with van der Waals surface area (Å²) in [6, 6.07) is 7.08. The van der Waals surface area contributed by atoms with E-state index in [1.165, 1.54) is 0 Å². The number of nitrogens with zero attached hydrogens (tertiary/aromatic N) is 1. The predicted molar refractivity (Wildman–Crippen MR) is 85.9 cm³/mol. The van der Waals surface area contributed by atoms with Gasteiger partial charge in [0.2, 0.25) is 5.91 Å². The molecule has 0 aromatic heterocycles. The van der Waals surface area contributed by atoms with Crippen molar-refractivity contribution in [2.75, 3.05) is 25.0 Å². The number of hydrogen-bond acceptors (Lipinski definition) is 3. The Labute approximate surface area is 131 Å². The minimum Gasteiger partial charge on any atom is -0.375 e. The highest BCUT2D eigenvalue weighted by molar-refractivity contribution is 5.95. The monoisotopic (exact) mass is 304 g/mol. The molecule has 1 aliphatic heterocycles. The lowest BCUT2D eigenvalue weighted by atomic mass is 10.1. The zero-order valence-electron chi connectivity index (χ0n) is 13.3. The van der Waals surface area contributed by atoms with Crippen molar-refractivity contribution in [1.29, 1.82) is 0 Å². The van der Waals surface area contributed by atoms with Gasteiger partial charge in [0.15, 0.2) is 0 Å². The fraction of sp³-hybridized carbons (Fsp3) is 0.529. The molecular formula is C17H24N2O3. The molecule has 0 radical (unpaired) electrons. The maximum atomic E-state index is 12.4. The zero-order chi connectivity index (χ0) is 15.9. The van der Waals surface area contributed by atoms with Crippen molar-refractivity contribution < 1.29 is 14.3 Å². The molecule has 22 heavy (non-hydrogen) atoms. The van der Waals surface area contributed by atoms with Gasteiger partial charge in [0.05, 0.1) is 12.7 Å². The van der Waals surface area contributed by atoms with Gasteiger partial charge in [0.25, 0.3) is 5.91 Å². The van der Waals surface area contributed by atoms with Crippen LogP contribution < -0.4 is 5.32 Å². The number of carbonyl (C=O) groups is 2. The molecular weight excluding hydrogens is 280 g/mol. The first-order chi connectivity index (χ1) is 10.6. The molecule has 120 valence electrons. The third-order valence-electron chi connectivity index (χ3n) is 3.70. The van der Waals surface area contributed by atoms with Gasteiger partial charge < -0.3 is 15.0 Å². The average Bonchev–Trinajstić information content (AvgIpc) is 2.53. The number of unbranched alkanes of at least 4 members (excludes halogenated alkanes) is 1. The molecule has 1 atom stereocenters. The van der Waals surface area contributed by atoms with E-state index in [1.54, 1.807) is 24.3 Å². The molecule has 1 heterocycles. The molecule has 1 saturated heterocycles. The second kappa shape index (κ2) is 7.94. The lowest BCUT2D eigenvalue weighted by Gasteiger charge is -2.31. The van der Waals surface area contributed by atoms with Gasteiger partial charge in [-0.1, -0.05) is 13.3 Å². The fourth-order valence-electron chi connectivity index (χ4n) is 2.44. The number of hydrogen-bond donors (Lipinski definition) is 1. The summed E-state index contributed by atoms with van der Waals surface area (Å²) in [6.07, 6.45) is 2.49. The van der Waals surface area contributed by atoms with Crippen molar-refractivity contribution in [3.8, 4) is 0 Å². The molecule has 1 unspecified atom stereocenters. The molecule has 1 aromatic carbocycles. The van der Waals surface area contributed by atoms with Crippen LogP contribution in [0.25, 0.3) is 0 Å². The summed E-state index contributed by atoms with van der Waals surface area (Å²) in [5, 5.41) is 2.85. The van der Waals surface area contributed by atoms with Crippen LogP contribution in [0.3, 0.4) is 0 Å². The third-order valence-corrected chi connectivity index (χ3v) is 3.70. The zero-order valence-corrected chi connectivity index (χ0v) is 13.3. The van der Waals surface area contributed by atoms with Gasteiger partial charge in [-0.25, -0.2) is 0 Å². The van der Waals surface area contributed by atoms with Crippen LogP contribution in [0.4, 0.5) is 5.69 Å². The van der Waals surface area contributed by atoms with E-state index >= 15 is 0 Å². The smallest absolute Gasteiger partial charge is 0.254 e. The molecule has 1 N–H and O–H groups in total. The van der Waals surface area contributed by atoms with Crippen LogP contribution >= 0.6 is 0 Å². The van der Waals surface area contributed by atoms with E-state index < -0.39 is 0 Å². The first-order valence-corrected chi connectivity index (χ1v) is 7.91. The van der Waals surface area contributed by atoms with Gasteiger partial charge in [0, 0.05) is 30.8 Å². The fourth-order valence-corrected chi connectivity index (χ4v) is 2.44. The molecule has 0 aliphatic carbocycles. The average molecular weight is 304 g/mol. The topological polar surface area (TPSA) is 58.6 Å². The highest BCUT2D eigenvalue weighted by atomic mass is 16.5. The number of carbonyl (C=O) groups excluding carboxylic acids is 2. The van der Waals surface area contributed by atoms with Crippen LogP contribution in [0.1, 0.15) is 43.5 Å². The summed E-state index contributed by atoms with van der Waals surface area (Å²) < 4.78 is 5.45. The Bertz CT molecular complexity index is 513. The minimum atomic E-state index is 0.0130. The Balaban J connectivity index is 1.93. The predicted octanol–water partition coefficient (Wildman–Crippen LogP) is 2.68. The number of rotatable bonds is 5. The summed E-state index contributed by atoms with van der Waals surface area (Å²) in [4.78, 5) is 25.9. The van der Waals surface area contributed by atoms with Crippen molar-refractivity contribution in [2.45, 2.75) is 39.2 Å². The summed E-state index contributed by atoms with van der Waals surface area (Å²) >= 11 is 0. The quantitative estimate of drug-likeness (QED) is 0.910. The van der Waals surface area contributed by atoms with Gasteiger partial charge in [0.1, 0.15) is 0 Å². The van der Waals surface area contributed by atoms with Crippen molar-refractivity contribution in [3.63, 3.8) is 0 Å². The molecule has 2 amide bonds. The van der Waals surface area contributed by atoms with E-state index in [9.17, 15) is 9.59 Å². The van der Waals surface area contributed by atoms with E-state index in [2.05, 4.69) is 12.2 Å². The number of amides is 2. The van der Waals surface area contributed by atoms with Crippen molar-refractivity contribution >= 4 is 17.5 Å². The first-order valence-electron chi connectivity index (χ1n) is 7.91. The summed E-state index contributed by atoms with van der Waals surface area (Å²) in [7, 11) is 0. The molecule has 2 rings (SSSR count). The highest BCUT2D eigenvalue weighted by Gasteiger charge is 2.22. The highest BCUT2D eigenvalue weighted by Crippen LogP contribution is 2.14. The molecule has 0 spiro atoms. The number of ether oxygens (including phenoxy) is 1. The third kappa shape index (κ3) is 4.56. The van der Waals surface area contributed by atoms with Crippen LogP contribution in [0.5, 0.6) is 0 Å². The van der Waals surface area contributed by atoms with Gasteiger partial charge >= 0.3 is 0 Å². The molecule has 5 heteroatoms. The molecule has 0 bridgehead atoms. The second-order valence-electron chi connectivity index (χ2n) is 5.66. The maximum absolute atomic E-state index is 12.4. The van der Waals surface area contributed by atoms with Crippen LogP contribution in [0.15, 0.2) is 24.3 Å². The Kier molecular flexibility index (Phi) is 5.95. The van der Waals surface area contributed by atoms with Crippen molar-refractivity contribution in [2.24, 2.45) is 0 Å².